The zero-order chi connectivity index (χ0) is 28.2. The normalized spacial score (nSPS) is 13.3. The number of methoxy groups -OCH3 is 1. The molecule has 206 valence electrons. The van der Waals surface area contributed by atoms with Crippen molar-refractivity contribution in [2.24, 2.45) is 0 Å². The first-order valence-electron chi connectivity index (χ1n) is 12.9. The summed E-state index contributed by atoms with van der Waals surface area (Å²) in [5, 5.41) is 21.9. The second kappa shape index (κ2) is 12.0. The molecule has 1 heterocycles. The highest BCUT2D eigenvalue weighted by atomic mass is 35.5. The van der Waals surface area contributed by atoms with Gasteiger partial charge in [-0.25, -0.2) is 4.79 Å². The Bertz CT molecular complexity index is 1560. The molecule has 0 unspecified atom stereocenters. The fraction of sp³-hybridized carbons (Fsp3) is 0.233. The van der Waals surface area contributed by atoms with Crippen molar-refractivity contribution in [1.82, 2.24) is 15.1 Å². The SMILES string of the molecule is COc1ccccc1C(=O)Nc1ccc(O)c(-c2cc(C3CCCC3)n(C(=O)NCc3ccc(Cl)c(Cl)c3)n2)c1. The molecular weight excluding hydrogens is 551 g/mol. The number of phenolic OH excluding ortho intramolecular Hbond substituents is 1. The van der Waals surface area contributed by atoms with Gasteiger partial charge in [0.25, 0.3) is 5.91 Å². The highest BCUT2D eigenvalue weighted by Crippen LogP contribution is 2.38. The predicted molar refractivity (Wildman–Crippen MR) is 156 cm³/mol. The minimum atomic E-state index is -0.389. The summed E-state index contributed by atoms with van der Waals surface area (Å²) in [5.74, 6) is 0.250. The summed E-state index contributed by atoms with van der Waals surface area (Å²) >= 11 is 12.1. The average molecular weight is 579 g/mol. The average Bonchev–Trinajstić information content (AvgIpc) is 3.65. The van der Waals surface area contributed by atoms with Crippen molar-refractivity contribution in [2.75, 3.05) is 12.4 Å². The highest BCUT2D eigenvalue weighted by molar-refractivity contribution is 6.42. The summed E-state index contributed by atoms with van der Waals surface area (Å²) in [6.07, 6.45) is 4.05. The van der Waals surface area contributed by atoms with Gasteiger partial charge in [-0.15, -0.1) is 0 Å². The maximum absolute atomic E-state index is 13.3. The topological polar surface area (TPSA) is 105 Å². The molecule has 4 aromatic rings. The lowest BCUT2D eigenvalue weighted by atomic mass is 10.0. The van der Waals surface area contributed by atoms with E-state index in [-0.39, 0.29) is 30.2 Å². The number of ether oxygens (including phenoxy) is 1. The van der Waals surface area contributed by atoms with E-state index in [0.29, 0.717) is 38.3 Å². The van der Waals surface area contributed by atoms with Gasteiger partial charge in [-0.3, -0.25) is 4.79 Å². The summed E-state index contributed by atoms with van der Waals surface area (Å²) in [6.45, 7) is 0.241. The molecule has 8 nitrogen and oxygen atoms in total. The van der Waals surface area contributed by atoms with Gasteiger partial charge < -0.3 is 20.5 Å². The van der Waals surface area contributed by atoms with Crippen LogP contribution >= 0.6 is 23.2 Å². The van der Waals surface area contributed by atoms with Crippen LogP contribution in [0.5, 0.6) is 11.5 Å². The predicted octanol–water partition coefficient (Wildman–Crippen LogP) is 7.24. The number of phenols is 1. The number of aromatic nitrogens is 2. The number of halogens is 2. The van der Waals surface area contributed by atoms with E-state index >= 15 is 0 Å². The summed E-state index contributed by atoms with van der Waals surface area (Å²) in [6, 6.07) is 18.3. The second-order valence-corrected chi connectivity index (χ2v) is 10.5. The Morgan fingerprint density at radius 1 is 1.02 bits per heavy atom. The molecular formula is C30H28Cl2N4O4. The van der Waals surface area contributed by atoms with Crippen LogP contribution in [0.3, 0.4) is 0 Å². The molecule has 0 bridgehead atoms. The summed E-state index contributed by atoms with van der Waals surface area (Å²) in [4.78, 5) is 26.2. The largest absolute Gasteiger partial charge is 0.507 e. The molecule has 0 radical (unpaired) electrons. The van der Waals surface area contributed by atoms with Crippen molar-refractivity contribution < 1.29 is 19.4 Å². The standard InChI is InChI=1S/C30H28Cl2N4O4/c1-40-28-9-5-4-8-21(28)29(38)34-20-11-13-27(37)22(15-20)25-16-26(19-6-2-3-7-19)36(35-25)30(39)33-17-18-10-12-23(31)24(32)14-18/h4-5,8-16,19,37H,2-3,6-7,17H2,1H3,(H,33,39)(H,34,38). The first-order valence-corrected chi connectivity index (χ1v) is 13.7. The fourth-order valence-electron chi connectivity index (χ4n) is 4.95. The first kappa shape index (κ1) is 27.6. The van der Waals surface area contributed by atoms with E-state index in [1.54, 1.807) is 54.6 Å². The summed E-state index contributed by atoms with van der Waals surface area (Å²) < 4.78 is 6.68. The third kappa shape index (κ3) is 5.93. The Labute approximate surface area is 241 Å². The van der Waals surface area contributed by atoms with E-state index in [2.05, 4.69) is 15.7 Å². The van der Waals surface area contributed by atoms with Crippen LogP contribution in [0, 0.1) is 0 Å². The molecule has 1 saturated carbocycles. The number of carbonyl (C=O) groups excluding carboxylic acids is 2. The lowest BCUT2D eigenvalue weighted by molar-refractivity contribution is 0.102. The Morgan fingerprint density at radius 2 is 1.80 bits per heavy atom. The zero-order valence-electron chi connectivity index (χ0n) is 21.8. The second-order valence-electron chi connectivity index (χ2n) is 9.64. The van der Waals surface area contributed by atoms with E-state index in [4.69, 9.17) is 27.9 Å². The van der Waals surface area contributed by atoms with Gasteiger partial charge in [0.1, 0.15) is 11.5 Å². The lowest BCUT2D eigenvalue weighted by Gasteiger charge is -2.12. The monoisotopic (exact) mass is 578 g/mol. The van der Waals surface area contributed by atoms with Crippen LogP contribution in [-0.2, 0) is 6.54 Å². The van der Waals surface area contributed by atoms with Crippen molar-refractivity contribution in [1.29, 1.82) is 0 Å². The molecule has 40 heavy (non-hydrogen) atoms. The number of rotatable bonds is 7. The van der Waals surface area contributed by atoms with Crippen LogP contribution in [0.15, 0.2) is 66.7 Å². The molecule has 1 aliphatic carbocycles. The van der Waals surface area contributed by atoms with Gasteiger partial charge in [0, 0.05) is 23.7 Å². The van der Waals surface area contributed by atoms with E-state index in [0.717, 1.165) is 36.9 Å². The van der Waals surface area contributed by atoms with Gasteiger partial charge in [0.2, 0.25) is 0 Å². The Balaban J connectivity index is 1.42. The van der Waals surface area contributed by atoms with Crippen molar-refractivity contribution in [3.8, 4) is 22.8 Å². The summed E-state index contributed by atoms with van der Waals surface area (Å²) in [5.41, 5.74) is 3.25. The van der Waals surface area contributed by atoms with Crippen LogP contribution in [0.1, 0.15) is 53.2 Å². The Hall–Kier alpha value is -4.01. The van der Waals surface area contributed by atoms with Crippen molar-refractivity contribution >= 4 is 40.8 Å². The van der Waals surface area contributed by atoms with Gasteiger partial charge in [-0.05, 0) is 66.9 Å². The number of anilines is 1. The molecule has 1 aliphatic rings. The molecule has 1 fully saturated rings. The number of hydrogen-bond donors (Lipinski definition) is 3. The van der Waals surface area contributed by atoms with Crippen LogP contribution in [0.2, 0.25) is 10.0 Å². The number of para-hydroxylation sites is 1. The highest BCUT2D eigenvalue weighted by Gasteiger charge is 2.26. The molecule has 2 amide bonds. The van der Waals surface area contributed by atoms with Gasteiger partial charge in [-0.2, -0.15) is 9.78 Å². The zero-order valence-corrected chi connectivity index (χ0v) is 23.3. The molecule has 3 N–H and O–H groups in total. The third-order valence-corrected chi connectivity index (χ3v) is 7.75. The number of hydrogen-bond acceptors (Lipinski definition) is 5. The number of carbonyl (C=O) groups is 2. The molecule has 0 aliphatic heterocycles. The van der Waals surface area contributed by atoms with Gasteiger partial charge in [-0.1, -0.05) is 54.2 Å². The quantitative estimate of drug-likeness (QED) is 0.200. The molecule has 10 heteroatoms. The number of amides is 2. The van der Waals surface area contributed by atoms with Crippen molar-refractivity contribution in [3.63, 3.8) is 0 Å². The van der Waals surface area contributed by atoms with Gasteiger partial charge in [0.05, 0.1) is 34.1 Å². The minimum absolute atomic E-state index is 0.0193. The maximum atomic E-state index is 13.3. The molecule has 5 rings (SSSR count). The third-order valence-electron chi connectivity index (χ3n) is 7.01. The minimum Gasteiger partial charge on any atom is -0.507 e. The van der Waals surface area contributed by atoms with Crippen LogP contribution < -0.4 is 15.4 Å². The lowest BCUT2D eigenvalue weighted by Crippen LogP contribution is -2.30. The number of aromatic hydroxyl groups is 1. The summed E-state index contributed by atoms with van der Waals surface area (Å²) in [7, 11) is 1.50. The fourth-order valence-corrected chi connectivity index (χ4v) is 5.27. The van der Waals surface area contributed by atoms with E-state index < -0.39 is 0 Å². The van der Waals surface area contributed by atoms with Gasteiger partial charge >= 0.3 is 6.03 Å². The number of benzene rings is 3. The van der Waals surface area contributed by atoms with Gasteiger partial charge in [0.15, 0.2) is 0 Å². The van der Waals surface area contributed by atoms with E-state index in [1.165, 1.54) is 17.9 Å². The number of nitrogens with zero attached hydrogens (tertiary/aromatic N) is 2. The van der Waals surface area contributed by atoms with E-state index in [9.17, 15) is 14.7 Å². The maximum Gasteiger partial charge on any atom is 0.342 e. The smallest absolute Gasteiger partial charge is 0.342 e. The Morgan fingerprint density at radius 3 is 2.55 bits per heavy atom. The molecule has 0 spiro atoms. The van der Waals surface area contributed by atoms with Crippen molar-refractivity contribution in [2.45, 2.75) is 38.1 Å². The van der Waals surface area contributed by atoms with E-state index in [1.807, 2.05) is 6.07 Å². The molecule has 1 aromatic heterocycles. The van der Waals surface area contributed by atoms with Crippen LogP contribution in [0.25, 0.3) is 11.3 Å². The molecule has 0 saturated heterocycles. The van der Waals surface area contributed by atoms with Crippen LogP contribution in [-0.4, -0.2) is 33.9 Å². The molecule has 3 aromatic carbocycles. The number of nitrogens with one attached hydrogen (secondary N) is 2. The van der Waals surface area contributed by atoms with Crippen LogP contribution in [0.4, 0.5) is 10.5 Å². The Kier molecular flexibility index (Phi) is 8.28. The molecule has 0 atom stereocenters. The van der Waals surface area contributed by atoms with Crippen molar-refractivity contribution in [3.05, 3.63) is 93.6 Å². The first-order chi connectivity index (χ1) is 19.3.